The Morgan fingerprint density at radius 1 is 1.40 bits per heavy atom. The van der Waals surface area contributed by atoms with Gasteiger partial charge in [0.1, 0.15) is 0 Å². The molecule has 1 rings (SSSR count). The maximum absolute atomic E-state index is 9.24. The Balaban J connectivity index is 2.32. The van der Waals surface area contributed by atoms with Gasteiger partial charge in [0.05, 0.1) is 6.10 Å². The maximum Gasteiger partial charge on any atom is 0.0557 e. The Kier molecular flexibility index (Phi) is 2.75. The Morgan fingerprint density at radius 3 is 2.90 bits per heavy atom. The molecular formula is C8H15NO. The first-order valence-corrected chi connectivity index (χ1v) is 3.87. The maximum atomic E-state index is 9.24. The molecule has 0 bridgehead atoms. The van der Waals surface area contributed by atoms with Gasteiger partial charge in [0.15, 0.2) is 0 Å². The molecule has 58 valence electrons. The zero-order valence-corrected chi connectivity index (χ0v) is 6.29. The minimum Gasteiger partial charge on any atom is -0.393 e. The summed E-state index contributed by atoms with van der Waals surface area (Å²) in [5.74, 6) is 0. The summed E-state index contributed by atoms with van der Waals surface area (Å²) in [6.45, 7) is 5.71. The van der Waals surface area contributed by atoms with Crippen molar-refractivity contribution in [2.75, 3.05) is 13.1 Å². The predicted molar refractivity (Wildman–Crippen MR) is 41.6 cm³/mol. The minimum atomic E-state index is -0.0788. The number of hydrogen-bond acceptors (Lipinski definition) is 2. The van der Waals surface area contributed by atoms with Crippen molar-refractivity contribution < 1.29 is 5.11 Å². The quantitative estimate of drug-likeness (QED) is 0.588. The van der Waals surface area contributed by atoms with E-state index in [1.807, 2.05) is 6.20 Å². The molecule has 0 aromatic carbocycles. The summed E-state index contributed by atoms with van der Waals surface area (Å²) in [5.41, 5.74) is 0. The highest BCUT2D eigenvalue weighted by Gasteiger charge is 2.10. The lowest BCUT2D eigenvalue weighted by Crippen LogP contribution is -2.18. The molecule has 1 N–H and O–H groups in total. The zero-order valence-electron chi connectivity index (χ0n) is 6.29. The second-order valence-electron chi connectivity index (χ2n) is 2.80. The fraction of sp³-hybridized carbons (Fsp3) is 0.750. The molecule has 1 saturated heterocycles. The van der Waals surface area contributed by atoms with Gasteiger partial charge >= 0.3 is 0 Å². The van der Waals surface area contributed by atoms with Crippen molar-refractivity contribution in [3.05, 3.63) is 12.8 Å². The number of hydrogen-bond donors (Lipinski definition) is 1. The molecule has 1 atom stereocenters. The van der Waals surface area contributed by atoms with E-state index in [0.717, 1.165) is 32.4 Å². The highest BCUT2D eigenvalue weighted by atomic mass is 16.3. The molecular weight excluding hydrogens is 126 g/mol. The normalized spacial score (nSPS) is 27.7. The van der Waals surface area contributed by atoms with Crippen LogP contribution in [-0.2, 0) is 0 Å². The Labute approximate surface area is 62.2 Å². The molecule has 0 saturated carbocycles. The number of likely N-dealkylation sites (tertiary alicyclic amines) is 1. The van der Waals surface area contributed by atoms with Gasteiger partial charge in [-0.1, -0.05) is 6.58 Å². The summed E-state index contributed by atoms with van der Waals surface area (Å²) in [7, 11) is 0. The van der Waals surface area contributed by atoms with Gasteiger partial charge in [0.25, 0.3) is 0 Å². The Morgan fingerprint density at radius 2 is 2.20 bits per heavy atom. The number of rotatable bonds is 1. The van der Waals surface area contributed by atoms with Crippen molar-refractivity contribution in [1.82, 2.24) is 4.90 Å². The van der Waals surface area contributed by atoms with Gasteiger partial charge in [-0.15, -0.1) is 0 Å². The number of nitrogens with zero attached hydrogens (tertiary/aromatic N) is 1. The lowest BCUT2D eigenvalue weighted by atomic mass is 10.2. The highest BCUT2D eigenvalue weighted by molar-refractivity contribution is 4.75. The van der Waals surface area contributed by atoms with Gasteiger partial charge < -0.3 is 10.0 Å². The van der Waals surface area contributed by atoms with Crippen LogP contribution in [0.5, 0.6) is 0 Å². The van der Waals surface area contributed by atoms with Crippen LogP contribution in [0.2, 0.25) is 0 Å². The smallest absolute Gasteiger partial charge is 0.0557 e. The summed E-state index contributed by atoms with van der Waals surface area (Å²) in [6.07, 6.45) is 4.71. The van der Waals surface area contributed by atoms with Gasteiger partial charge in [-0.3, -0.25) is 0 Å². The third-order valence-electron chi connectivity index (χ3n) is 1.99. The van der Waals surface area contributed by atoms with Crippen LogP contribution >= 0.6 is 0 Å². The minimum absolute atomic E-state index is 0.0788. The largest absolute Gasteiger partial charge is 0.393 e. The molecule has 2 heteroatoms. The van der Waals surface area contributed by atoms with Crippen molar-refractivity contribution in [2.24, 2.45) is 0 Å². The molecule has 0 aromatic rings. The molecule has 0 aliphatic carbocycles. The molecule has 1 aliphatic heterocycles. The fourth-order valence-electron chi connectivity index (χ4n) is 1.28. The van der Waals surface area contributed by atoms with E-state index < -0.39 is 0 Å². The van der Waals surface area contributed by atoms with E-state index in [1.54, 1.807) is 0 Å². The first kappa shape index (κ1) is 7.61. The Hall–Kier alpha value is -0.500. The standard InChI is InChI=1S/C8H15NO/c1-2-9-6-3-4-8(10)5-7-9/h2,8,10H,1,3-7H2. The molecule has 1 heterocycles. The van der Waals surface area contributed by atoms with E-state index >= 15 is 0 Å². The second kappa shape index (κ2) is 3.62. The molecule has 0 spiro atoms. The fourth-order valence-corrected chi connectivity index (χ4v) is 1.28. The van der Waals surface area contributed by atoms with E-state index in [1.165, 1.54) is 0 Å². The van der Waals surface area contributed by atoms with E-state index in [0.29, 0.717) is 0 Å². The predicted octanol–water partition coefficient (Wildman–Crippen LogP) is 0.977. The molecule has 0 radical (unpaired) electrons. The Bertz CT molecular complexity index is 114. The van der Waals surface area contributed by atoms with Crippen LogP contribution in [0, 0.1) is 0 Å². The summed E-state index contributed by atoms with van der Waals surface area (Å²) in [4.78, 5) is 2.16. The van der Waals surface area contributed by atoms with E-state index in [-0.39, 0.29) is 6.10 Å². The van der Waals surface area contributed by atoms with Crippen LogP contribution in [-0.4, -0.2) is 29.2 Å². The van der Waals surface area contributed by atoms with Crippen LogP contribution in [0.1, 0.15) is 19.3 Å². The van der Waals surface area contributed by atoms with Crippen molar-refractivity contribution >= 4 is 0 Å². The first-order valence-electron chi connectivity index (χ1n) is 3.87. The average Bonchev–Trinajstić information content (AvgIpc) is 2.14. The lowest BCUT2D eigenvalue weighted by molar-refractivity contribution is 0.158. The van der Waals surface area contributed by atoms with Gasteiger partial charge in [-0.2, -0.15) is 0 Å². The van der Waals surface area contributed by atoms with Crippen molar-refractivity contribution in [2.45, 2.75) is 25.4 Å². The van der Waals surface area contributed by atoms with Gasteiger partial charge in [-0.05, 0) is 25.5 Å². The summed E-state index contributed by atoms with van der Waals surface area (Å²) < 4.78 is 0. The van der Waals surface area contributed by atoms with E-state index in [4.69, 9.17) is 0 Å². The molecule has 2 nitrogen and oxygen atoms in total. The third-order valence-corrected chi connectivity index (χ3v) is 1.99. The zero-order chi connectivity index (χ0) is 7.40. The monoisotopic (exact) mass is 141 g/mol. The molecule has 1 fully saturated rings. The van der Waals surface area contributed by atoms with E-state index in [2.05, 4.69) is 11.5 Å². The van der Waals surface area contributed by atoms with Crippen LogP contribution in [0.4, 0.5) is 0 Å². The number of aliphatic hydroxyl groups is 1. The first-order chi connectivity index (χ1) is 4.83. The van der Waals surface area contributed by atoms with E-state index in [9.17, 15) is 5.11 Å². The highest BCUT2D eigenvalue weighted by Crippen LogP contribution is 2.09. The van der Waals surface area contributed by atoms with Gasteiger partial charge in [0, 0.05) is 13.1 Å². The van der Waals surface area contributed by atoms with Gasteiger partial charge in [-0.25, -0.2) is 0 Å². The molecule has 10 heavy (non-hydrogen) atoms. The average molecular weight is 141 g/mol. The van der Waals surface area contributed by atoms with Crippen LogP contribution in [0.15, 0.2) is 12.8 Å². The number of aliphatic hydroxyl groups excluding tert-OH is 1. The topological polar surface area (TPSA) is 23.5 Å². The molecule has 0 aromatic heterocycles. The second-order valence-corrected chi connectivity index (χ2v) is 2.80. The molecule has 1 unspecified atom stereocenters. The van der Waals surface area contributed by atoms with Crippen molar-refractivity contribution in [1.29, 1.82) is 0 Å². The van der Waals surface area contributed by atoms with Gasteiger partial charge in [0.2, 0.25) is 0 Å². The van der Waals surface area contributed by atoms with Crippen molar-refractivity contribution in [3.8, 4) is 0 Å². The van der Waals surface area contributed by atoms with Crippen LogP contribution in [0.3, 0.4) is 0 Å². The summed E-state index contributed by atoms with van der Waals surface area (Å²) in [6, 6.07) is 0. The summed E-state index contributed by atoms with van der Waals surface area (Å²) in [5, 5.41) is 9.24. The SMILES string of the molecule is C=CN1CCCC(O)CC1. The van der Waals surface area contributed by atoms with Crippen LogP contribution < -0.4 is 0 Å². The van der Waals surface area contributed by atoms with Crippen molar-refractivity contribution in [3.63, 3.8) is 0 Å². The van der Waals surface area contributed by atoms with Crippen LogP contribution in [0.25, 0.3) is 0 Å². The molecule has 0 amide bonds. The lowest BCUT2D eigenvalue weighted by Gasteiger charge is -2.15. The summed E-state index contributed by atoms with van der Waals surface area (Å²) >= 11 is 0. The third kappa shape index (κ3) is 2.03. The molecule has 1 aliphatic rings.